The van der Waals surface area contributed by atoms with E-state index in [1.54, 1.807) is 12.1 Å². The number of anilines is 1. The zero-order chi connectivity index (χ0) is 14.7. The van der Waals surface area contributed by atoms with Crippen LogP contribution in [0.4, 0.5) is 5.69 Å². The van der Waals surface area contributed by atoms with Crippen LogP contribution in [0.25, 0.3) is 11.1 Å². The summed E-state index contributed by atoms with van der Waals surface area (Å²) in [5.74, 6) is 1.37. The lowest BCUT2D eigenvalue weighted by molar-refractivity contribution is 0.467. The highest BCUT2D eigenvalue weighted by Crippen LogP contribution is 2.29. The number of aromatic hydroxyl groups is 1. The van der Waals surface area contributed by atoms with Crippen LogP contribution in [-0.2, 0) is 0 Å². The summed E-state index contributed by atoms with van der Waals surface area (Å²) >= 11 is 0. The van der Waals surface area contributed by atoms with Crippen LogP contribution in [-0.4, -0.2) is 5.11 Å². The first-order chi connectivity index (χ1) is 10.2. The van der Waals surface area contributed by atoms with Gasteiger partial charge in [-0.3, -0.25) is 0 Å². The molecule has 0 heterocycles. The molecule has 0 aliphatic heterocycles. The summed E-state index contributed by atoms with van der Waals surface area (Å²) in [6, 6.07) is 22.8. The van der Waals surface area contributed by atoms with Gasteiger partial charge in [0, 0.05) is 6.07 Å². The van der Waals surface area contributed by atoms with E-state index in [-0.39, 0.29) is 5.75 Å². The fourth-order valence-electron chi connectivity index (χ4n) is 2.08. The Bertz CT molecular complexity index is 737. The number of hydrogen-bond donors (Lipinski definition) is 2. The third-order valence-corrected chi connectivity index (χ3v) is 3.20. The molecule has 3 aromatic rings. The molecule has 0 saturated carbocycles. The standard InChI is InChI=1S/C18H15NO2/c19-17-12-16(10-11-18(17)20)21-15-8-6-14(7-9-15)13-4-2-1-3-5-13/h1-12,20H,19H2. The molecule has 0 aliphatic carbocycles. The minimum absolute atomic E-state index is 0.0572. The first kappa shape index (κ1) is 13.1. The number of nitrogen functional groups attached to an aromatic ring is 1. The normalized spacial score (nSPS) is 10.3. The largest absolute Gasteiger partial charge is 0.506 e. The van der Waals surface area contributed by atoms with Crippen molar-refractivity contribution in [3.05, 3.63) is 72.8 Å². The van der Waals surface area contributed by atoms with Gasteiger partial charge in [0.15, 0.2) is 0 Å². The summed E-state index contributed by atoms with van der Waals surface area (Å²) in [7, 11) is 0. The smallest absolute Gasteiger partial charge is 0.138 e. The van der Waals surface area contributed by atoms with Crippen molar-refractivity contribution in [1.82, 2.24) is 0 Å². The maximum Gasteiger partial charge on any atom is 0.138 e. The predicted octanol–water partition coefficient (Wildman–Crippen LogP) is 4.43. The summed E-state index contributed by atoms with van der Waals surface area (Å²) in [5, 5.41) is 9.39. The van der Waals surface area contributed by atoms with Crippen LogP contribution in [0.5, 0.6) is 17.2 Å². The van der Waals surface area contributed by atoms with Crippen LogP contribution in [0.2, 0.25) is 0 Å². The van der Waals surface area contributed by atoms with Gasteiger partial charge < -0.3 is 15.6 Å². The van der Waals surface area contributed by atoms with Gasteiger partial charge in [-0.25, -0.2) is 0 Å². The Morgan fingerprint density at radius 3 is 2.00 bits per heavy atom. The van der Waals surface area contributed by atoms with Crippen LogP contribution in [0, 0.1) is 0 Å². The molecule has 0 atom stereocenters. The lowest BCUT2D eigenvalue weighted by Crippen LogP contribution is -1.88. The van der Waals surface area contributed by atoms with E-state index >= 15 is 0 Å². The van der Waals surface area contributed by atoms with E-state index in [9.17, 15) is 5.11 Å². The van der Waals surface area contributed by atoms with Crippen molar-refractivity contribution in [3.8, 4) is 28.4 Å². The first-order valence-electron chi connectivity index (χ1n) is 6.64. The third-order valence-electron chi connectivity index (χ3n) is 3.20. The van der Waals surface area contributed by atoms with Crippen LogP contribution < -0.4 is 10.5 Å². The van der Waals surface area contributed by atoms with E-state index in [4.69, 9.17) is 10.5 Å². The van der Waals surface area contributed by atoms with Gasteiger partial charge in [-0.2, -0.15) is 0 Å². The van der Waals surface area contributed by atoms with E-state index in [1.165, 1.54) is 6.07 Å². The third kappa shape index (κ3) is 2.98. The monoisotopic (exact) mass is 277 g/mol. The minimum atomic E-state index is 0.0572. The van der Waals surface area contributed by atoms with Crippen molar-refractivity contribution in [3.63, 3.8) is 0 Å². The predicted molar refractivity (Wildman–Crippen MR) is 84.5 cm³/mol. The average molecular weight is 277 g/mol. The van der Waals surface area contributed by atoms with Gasteiger partial charge >= 0.3 is 0 Å². The molecule has 0 spiro atoms. The van der Waals surface area contributed by atoms with Crippen molar-refractivity contribution in [1.29, 1.82) is 0 Å². The molecule has 0 unspecified atom stereocenters. The maximum atomic E-state index is 9.39. The Hall–Kier alpha value is -2.94. The quantitative estimate of drug-likeness (QED) is 0.550. The summed E-state index contributed by atoms with van der Waals surface area (Å²) in [6.45, 7) is 0. The molecule has 104 valence electrons. The zero-order valence-electron chi connectivity index (χ0n) is 11.4. The van der Waals surface area contributed by atoms with E-state index in [1.807, 2.05) is 42.5 Å². The first-order valence-corrected chi connectivity index (χ1v) is 6.64. The minimum Gasteiger partial charge on any atom is -0.506 e. The molecule has 3 aromatic carbocycles. The zero-order valence-corrected chi connectivity index (χ0v) is 11.4. The van der Waals surface area contributed by atoms with Crippen LogP contribution in [0.3, 0.4) is 0 Å². The molecule has 0 saturated heterocycles. The van der Waals surface area contributed by atoms with Gasteiger partial charge in [-0.05, 0) is 35.4 Å². The molecule has 0 bridgehead atoms. The number of benzene rings is 3. The van der Waals surface area contributed by atoms with E-state index in [0.29, 0.717) is 11.4 Å². The van der Waals surface area contributed by atoms with E-state index in [0.717, 1.165) is 16.9 Å². The molecule has 3 heteroatoms. The summed E-state index contributed by atoms with van der Waals surface area (Å²) < 4.78 is 5.71. The maximum absolute atomic E-state index is 9.39. The second kappa shape index (κ2) is 5.59. The Labute approximate surface area is 123 Å². The highest BCUT2D eigenvalue weighted by atomic mass is 16.5. The Balaban J connectivity index is 1.80. The lowest BCUT2D eigenvalue weighted by Gasteiger charge is -2.08. The molecule has 0 aliphatic rings. The van der Waals surface area contributed by atoms with Crippen LogP contribution in [0.15, 0.2) is 72.8 Å². The number of nitrogens with two attached hydrogens (primary N) is 1. The van der Waals surface area contributed by atoms with Crippen molar-refractivity contribution < 1.29 is 9.84 Å². The van der Waals surface area contributed by atoms with Gasteiger partial charge in [-0.1, -0.05) is 42.5 Å². The molecular formula is C18H15NO2. The highest BCUT2D eigenvalue weighted by molar-refractivity contribution is 5.64. The number of phenolic OH excluding ortho intramolecular Hbond substituents is 1. The molecule has 3 nitrogen and oxygen atoms in total. The van der Waals surface area contributed by atoms with Gasteiger partial charge in [0.05, 0.1) is 5.69 Å². The van der Waals surface area contributed by atoms with Crippen LogP contribution >= 0.6 is 0 Å². The van der Waals surface area contributed by atoms with Gasteiger partial charge in [0.1, 0.15) is 17.2 Å². The van der Waals surface area contributed by atoms with Crippen molar-refractivity contribution in [2.24, 2.45) is 0 Å². The number of phenols is 1. The van der Waals surface area contributed by atoms with Crippen LogP contribution in [0.1, 0.15) is 0 Å². The molecular weight excluding hydrogens is 262 g/mol. The molecule has 21 heavy (non-hydrogen) atoms. The Kier molecular flexibility index (Phi) is 3.48. The van der Waals surface area contributed by atoms with E-state index < -0.39 is 0 Å². The summed E-state index contributed by atoms with van der Waals surface area (Å²) in [5.41, 5.74) is 8.24. The Morgan fingerprint density at radius 1 is 0.714 bits per heavy atom. The molecule has 0 radical (unpaired) electrons. The molecule has 0 fully saturated rings. The second-order valence-electron chi connectivity index (χ2n) is 4.71. The van der Waals surface area contributed by atoms with Gasteiger partial charge in [0.25, 0.3) is 0 Å². The molecule has 3 rings (SSSR count). The molecule has 3 N–H and O–H groups in total. The highest BCUT2D eigenvalue weighted by Gasteiger charge is 2.02. The SMILES string of the molecule is Nc1cc(Oc2ccc(-c3ccccc3)cc2)ccc1O. The second-order valence-corrected chi connectivity index (χ2v) is 4.71. The summed E-state index contributed by atoms with van der Waals surface area (Å²) in [4.78, 5) is 0. The topological polar surface area (TPSA) is 55.5 Å². The summed E-state index contributed by atoms with van der Waals surface area (Å²) in [6.07, 6.45) is 0. The lowest BCUT2D eigenvalue weighted by atomic mass is 10.1. The molecule has 0 amide bonds. The van der Waals surface area contributed by atoms with Crippen molar-refractivity contribution >= 4 is 5.69 Å². The van der Waals surface area contributed by atoms with E-state index in [2.05, 4.69) is 12.1 Å². The fourth-order valence-corrected chi connectivity index (χ4v) is 2.08. The van der Waals surface area contributed by atoms with Crippen molar-refractivity contribution in [2.75, 3.05) is 5.73 Å². The number of hydrogen-bond acceptors (Lipinski definition) is 3. The van der Waals surface area contributed by atoms with Gasteiger partial charge in [-0.15, -0.1) is 0 Å². The van der Waals surface area contributed by atoms with Gasteiger partial charge in [0.2, 0.25) is 0 Å². The fraction of sp³-hybridized carbons (Fsp3) is 0. The Morgan fingerprint density at radius 2 is 1.33 bits per heavy atom. The van der Waals surface area contributed by atoms with Crippen molar-refractivity contribution in [2.45, 2.75) is 0 Å². The number of ether oxygens (including phenoxy) is 1. The number of rotatable bonds is 3. The average Bonchev–Trinajstić information content (AvgIpc) is 2.53. The molecule has 0 aromatic heterocycles.